The third-order valence-corrected chi connectivity index (χ3v) is 4.06. The van der Waals surface area contributed by atoms with Crippen molar-refractivity contribution < 1.29 is 5.11 Å². The van der Waals surface area contributed by atoms with E-state index in [0.29, 0.717) is 21.7 Å². The standard InChI is InChI=1S/C15H13N5OS/c1-17-11(5-6-16)14-19-12-9(10-4-2-3-7-18-10)8-22-13(12)15(21)20-14/h2-8,16-17H,1H3,(H,19,20,21)/b11-5-,16-6?. The topological polar surface area (TPSA) is 94.8 Å². The minimum Gasteiger partial charge on any atom is -0.492 e. The lowest BCUT2D eigenvalue weighted by atomic mass is 10.2. The van der Waals surface area contributed by atoms with E-state index in [9.17, 15) is 5.11 Å². The van der Waals surface area contributed by atoms with Crippen LogP contribution in [0.15, 0.2) is 35.9 Å². The third-order valence-electron chi connectivity index (χ3n) is 3.10. The normalized spacial score (nSPS) is 11.6. The minimum absolute atomic E-state index is 0.0710. The van der Waals surface area contributed by atoms with Gasteiger partial charge < -0.3 is 15.8 Å². The van der Waals surface area contributed by atoms with E-state index in [1.165, 1.54) is 17.4 Å². The molecular weight excluding hydrogens is 298 g/mol. The van der Waals surface area contributed by atoms with Crippen molar-refractivity contribution in [1.29, 1.82) is 5.41 Å². The number of hydrogen-bond acceptors (Lipinski definition) is 7. The number of hydrogen-bond donors (Lipinski definition) is 3. The molecule has 0 atom stereocenters. The highest BCUT2D eigenvalue weighted by molar-refractivity contribution is 7.18. The van der Waals surface area contributed by atoms with Crippen LogP contribution in [0.25, 0.3) is 27.2 Å². The van der Waals surface area contributed by atoms with E-state index in [-0.39, 0.29) is 5.88 Å². The van der Waals surface area contributed by atoms with Gasteiger partial charge in [0.15, 0.2) is 5.82 Å². The number of nitrogens with one attached hydrogen (secondary N) is 2. The molecule has 0 aromatic carbocycles. The number of thiophene rings is 1. The van der Waals surface area contributed by atoms with Gasteiger partial charge in [-0.25, -0.2) is 4.98 Å². The molecule has 110 valence electrons. The van der Waals surface area contributed by atoms with Crippen LogP contribution in [0.1, 0.15) is 5.82 Å². The second-order valence-electron chi connectivity index (χ2n) is 4.41. The monoisotopic (exact) mass is 311 g/mol. The first-order valence-corrected chi connectivity index (χ1v) is 7.41. The number of fused-ring (bicyclic) bond motifs is 1. The average Bonchev–Trinajstić information content (AvgIpc) is 2.98. The average molecular weight is 311 g/mol. The second-order valence-corrected chi connectivity index (χ2v) is 5.29. The van der Waals surface area contributed by atoms with Crippen LogP contribution < -0.4 is 5.32 Å². The zero-order valence-electron chi connectivity index (χ0n) is 11.7. The Morgan fingerprint density at radius 1 is 1.36 bits per heavy atom. The van der Waals surface area contributed by atoms with E-state index in [0.717, 1.165) is 17.5 Å². The first-order valence-electron chi connectivity index (χ1n) is 6.53. The summed E-state index contributed by atoms with van der Waals surface area (Å²) in [6, 6.07) is 5.65. The number of aromatic hydroxyl groups is 1. The molecule has 0 bridgehead atoms. The predicted molar refractivity (Wildman–Crippen MR) is 88.1 cm³/mol. The maximum atomic E-state index is 10.2. The van der Waals surface area contributed by atoms with E-state index in [1.807, 2.05) is 23.6 Å². The van der Waals surface area contributed by atoms with Crippen molar-refractivity contribution in [2.24, 2.45) is 0 Å². The summed E-state index contributed by atoms with van der Waals surface area (Å²) in [5, 5.41) is 22.2. The Morgan fingerprint density at radius 2 is 2.23 bits per heavy atom. The van der Waals surface area contributed by atoms with Crippen molar-refractivity contribution in [1.82, 2.24) is 20.3 Å². The van der Waals surface area contributed by atoms with Crippen LogP contribution in [0.2, 0.25) is 0 Å². The molecular formula is C15H13N5OS. The lowest BCUT2D eigenvalue weighted by Gasteiger charge is -2.06. The first-order chi connectivity index (χ1) is 10.7. The summed E-state index contributed by atoms with van der Waals surface area (Å²) in [5.74, 6) is 0.268. The summed E-state index contributed by atoms with van der Waals surface area (Å²) >= 11 is 1.38. The van der Waals surface area contributed by atoms with Gasteiger partial charge in [0.05, 0.1) is 16.9 Å². The van der Waals surface area contributed by atoms with Crippen LogP contribution in [0.3, 0.4) is 0 Å². The van der Waals surface area contributed by atoms with Gasteiger partial charge in [0.2, 0.25) is 5.88 Å². The van der Waals surface area contributed by atoms with Crippen molar-refractivity contribution in [3.8, 4) is 17.1 Å². The van der Waals surface area contributed by atoms with E-state index in [1.54, 1.807) is 13.2 Å². The Morgan fingerprint density at radius 3 is 2.91 bits per heavy atom. The van der Waals surface area contributed by atoms with Crippen LogP contribution in [0.4, 0.5) is 0 Å². The fourth-order valence-corrected chi connectivity index (χ4v) is 2.97. The van der Waals surface area contributed by atoms with Gasteiger partial charge in [-0.15, -0.1) is 11.3 Å². The molecule has 0 spiro atoms. The molecule has 0 aliphatic rings. The molecule has 0 unspecified atom stereocenters. The predicted octanol–water partition coefficient (Wildman–Crippen LogP) is 2.67. The lowest BCUT2D eigenvalue weighted by Crippen LogP contribution is -2.08. The van der Waals surface area contributed by atoms with Gasteiger partial charge in [-0.2, -0.15) is 4.98 Å². The van der Waals surface area contributed by atoms with E-state index in [4.69, 9.17) is 5.41 Å². The maximum absolute atomic E-state index is 10.2. The summed E-state index contributed by atoms with van der Waals surface area (Å²) in [6.45, 7) is 0. The number of pyridine rings is 1. The van der Waals surface area contributed by atoms with Gasteiger partial charge in [-0.1, -0.05) is 6.07 Å². The molecule has 3 N–H and O–H groups in total. The second kappa shape index (κ2) is 5.90. The summed E-state index contributed by atoms with van der Waals surface area (Å²) in [6.07, 6.45) is 4.39. The summed E-state index contributed by atoms with van der Waals surface area (Å²) in [7, 11) is 1.72. The van der Waals surface area contributed by atoms with Crippen molar-refractivity contribution in [2.45, 2.75) is 0 Å². The molecule has 0 saturated heterocycles. The molecule has 0 aliphatic carbocycles. The molecule has 0 aliphatic heterocycles. The van der Waals surface area contributed by atoms with E-state index < -0.39 is 0 Å². The maximum Gasteiger partial charge on any atom is 0.233 e. The van der Waals surface area contributed by atoms with E-state index in [2.05, 4.69) is 20.3 Å². The molecule has 3 heterocycles. The Balaban J connectivity index is 2.24. The third kappa shape index (κ3) is 2.42. The van der Waals surface area contributed by atoms with Crippen molar-refractivity contribution in [3.63, 3.8) is 0 Å². The SMILES string of the molecule is CN/C(=C\C=N)c1nc(O)c2scc(-c3ccccn3)c2n1. The van der Waals surface area contributed by atoms with Crippen molar-refractivity contribution in [2.75, 3.05) is 7.05 Å². The van der Waals surface area contributed by atoms with Crippen LogP contribution in [-0.4, -0.2) is 33.3 Å². The highest BCUT2D eigenvalue weighted by atomic mass is 32.1. The molecule has 22 heavy (non-hydrogen) atoms. The van der Waals surface area contributed by atoms with Crippen LogP contribution in [-0.2, 0) is 0 Å². The molecule has 3 aromatic heterocycles. The van der Waals surface area contributed by atoms with Gasteiger partial charge in [0.25, 0.3) is 0 Å². The molecule has 0 saturated carbocycles. The molecule has 7 heteroatoms. The number of nitrogens with zero attached hydrogens (tertiary/aromatic N) is 3. The van der Waals surface area contributed by atoms with Gasteiger partial charge in [0, 0.05) is 30.4 Å². The van der Waals surface area contributed by atoms with Crippen molar-refractivity contribution in [3.05, 3.63) is 41.7 Å². The van der Waals surface area contributed by atoms with Crippen molar-refractivity contribution >= 4 is 33.5 Å². The number of aromatic nitrogens is 3. The van der Waals surface area contributed by atoms with Gasteiger partial charge in [-0.3, -0.25) is 4.98 Å². The smallest absolute Gasteiger partial charge is 0.233 e. The molecule has 0 amide bonds. The zero-order valence-corrected chi connectivity index (χ0v) is 12.6. The Kier molecular flexibility index (Phi) is 3.80. The Labute approximate surface area is 130 Å². The minimum atomic E-state index is -0.0710. The highest BCUT2D eigenvalue weighted by Crippen LogP contribution is 2.36. The van der Waals surface area contributed by atoms with Crippen LogP contribution in [0.5, 0.6) is 5.88 Å². The fourth-order valence-electron chi connectivity index (χ4n) is 2.08. The first kappa shape index (κ1) is 14.2. The fraction of sp³-hybridized carbons (Fsp3) is 0.0667. The Hall–Kier alpha value is -2.80. The van der Waals surface area contributed by atoms with Crippen LogP contribution in [0, 0.1) is 5.41 Å². The quantitative estimate of drug-likeness (QED) is 0.644. The molecule has 0 radical (unpaired) electrons. The van der Waals surface area contributed by atoms with Crippen LogP contribution >= 0.6 is 11.3 Å². The van der Waals surface area contributed by atoms with Gasteiger partial charge in [0.1, 0.15) is 4.70 Å². The molecule has 6 nitrogen and oxygen atoms in total. The molecule has 0 fully saturated rings. The number of allylic oxidation sites excluding steroid dienone is 1. The lowest BCUT2D eigenvalue weighted by molar-refractivity contribution is 0.459. The Bertz CT molecular complexity index is 857. The molecule has 3 rings (SSSR count). The summed E-state index contributed by atoms with van der Waals surface area (Å²) < 4.78 is 0.620. The highest BCUT2D eigenvalue weighted by Gasteiger charge is 2.16. The summed E-state index contributed by atoms with van der Waals surface area (Å²) in [4.78, 5) is 13.0. The zero-order chi connectivity index (χ0) is 15.5. The van der Waals surface area contributed by atoms with E-state index >= 15 is 0 Å². The molecule has 3 aromatic rings. The number of rotatable bonds is 4. The van der Waals surface area contributed by atoms with Gasteiger partial charge >= 0.3 is 0 Å². The summed E-state index contributed by atoms with van der Waals surface area (Å²) in [5.41, 5.74) is 2.85. The van der Waals surface area contributed by atoms with Gasteiger partial charge in [-0.05, 0) is 18.2 Å². The largest absolute Gasteiger partial charge is 0.492 e.